The molecule has 80 valence electrons. The van der Waals surface area contributed by atoms with Crippen LogP contribution >= 0.6 is 0 Å². The summed E-state index contributed by atoms with van der Waals surface area (Å²) in [7, 11) is 0. The van der Waals surface area contributed by atoms with Gasteiger partial charge in [-0.25, -0.2) is 5.10 Å². The minimum absolute atomic E-state index is 0.0717. The van der Waals surface area contributed by atoms with Crippen molar-refractivity contribution in [2.24, 2.45) is 5.41 Å². The van der Waals surface area contributed by atoms with E-state index in [-0.39, 0.29) is 11.2 Å². The number of rotatable bonds is 2. The molecule has 0 spiro atoms. The molecule has 0 saturated carbocycles. The number of aromatic nitrogens is 3. The Labute approximate surface area is 88.0 Å². The maximum absolute atomic E-state index is 11.5. The largest absolute Gasteiger partial charge is 0.328 e. The van der Waals surface area contributed by atoms with E-state index in [4.69, 9.17) is 0 Å². The topological polar surface area (TPSA) is 70.7 Å². The van der Waals surface area contributed by atoms with Crippen molar-refractivity contribution >= 4 is 11.7 Å². The molecule has 1 aromatic heterocycles. The molecule has 1 aliphatic rings. The van der Waals surface area contributed by atoms with Crippen LogP contribution in [0.3, 0.4) is 0 Å². The van der Waals surface area contributed by atoms with Crippen molar-refractivity contribution in [1.82, 2.24) is 15.2 Å². The quantitative estimate of drug-likeness (QED) is 0.769. The van der Waals surface area contributed by atoms with Crippen LogP contribution in [0.4, 0.5) is 5.95 Å². The molecule has 0 aromatic carbocycles. The molecule has 1 aromatic rings. The van der Waals surface area contributed by atoms with Gasteiger partial charge in [-0.3, -0.25) is 4.79 Å². The molecule has 0 amide bonds. The van der Waals surface area contributed by atoms with Gasteiger partial charge in [0.2, 0.25) is 5.95 Å². The Kier molecular flexibility index (Phi) is 2.30. The highest BCUT2D eigenvalue weighted by molar-refractivity contribution is 5.83. The molecule has 0 fully saturated rings. The number of anilines is 1. The van der Waals surface area contributed by atoms with Gasteiger partial charge in [0.1, 0.15) is 12.1 Å². The number of Topliss-reactive ketones (excluding diaryl/α,β-unsaturated/α-hetero) is 1. The highest BCUT2D eigenvalue weighted by Crippen LogP contribution is 2.30. The van der Waals surface area contributed by atoms with Crippen LogP contribution < -0.4 is 5.32 Å². The number of carbonyl (C=O) groups is 1. The molecule has 0 saturated heterocycles. The van der Waals surface area contributed by atoms with E-state index in [9.17, 15) is 4.79 Å². The Morgan fingerprint density at radius 2 is 2.33 bits per heavy atom. The Hall–Kier alpha value is -1.65. The lowest BCUT2D eigenvalue weighted by molar-refractivity contribution is -0.120. The number of nitrogens with one attached hydrogen (secondary N) is 2. The summed E-state index contributed by atoms with van der Waals surface area (Å²) in [5.41, 5.74) is 0.825. The SMILES string of the molecule is CC1(C)C=C(Nc2ncn[nH]2)CC(=O)C1. The summed E-state index contributed by atoms with van der Waals surface area (Å²) < 4.78 is 0. The van der Waals surface area contributed by atoms with Crippen LogP contribution in [-0.2, 0) is 4.79 Å². The van der Waals surface area contributed by atoms with E-state index < -0.39 is 0 Å². The fourth-order valence-electron chi connectivity index (χ4n) is 1.85. The van der Waals surface area contributed by atoms with Gasteiger partial charge < -0.3 is 5.32 Å². The monoisotopic (exact) mass is 206 g/mol. The molecular weight excluding hydrogens is 192 g/mol. The summed E-state index contributed by atoms with van der Waals surface area (Å²) in [5.74, 6) is 0.830. The van der Waals surface area contributed by atoms with Crippen LogP contribution in [0.5, 0.6) is 0 Å². The van der Waals surface area contributed by atoms with E-state index in [0.29, 0.717) is 18.8 Å². The summed E-state index contributed by atoms with van der Waals surface area (Å²) in [6, 6.07) is 0. The van der Waals surface area contributed by atoms with E-state index in [1.807, 2.05) is 13.8 Å². The average Bonchev–Trinajstić information content (AvgIpc) is 2.52. The third-order valence-electron chi connectivity index (χ3n) is 2.30. The van der Waals surface area contributed by atoms with Crippen LogP contribution in [0.25, 0.3) is 0 Å². The minimum atomic E-state index is -0.0717. The fraction of sp³-hybridized carbons (Fsp3) is 0.500. The van der Waals surface area contributed by atoms with Crippen LogP contribution in [-0.4, -0.2) is 21.0 Å². The van der Waals surface area contributed by atoms with Crippen LogP contribution in [0.2, 0.25) is 0 Å². The van der Waals surface area contributed by atoms with Crippen molar-refractivity contribution in [3.63, 3.8) is 0 Å². The van der Waals surface area contributed by atoms with Gasteiger partial charge in [0.15, 0.2) is 0 Å². The molecule has 2 N–H and O–H groups in total. The van der Waals surface area contributed by atoms with Gasteiger partial charge in [0, 0.05) is 18.5 Å². The van der Waals surface area contributed by atoms with E-state index in [0.717, 1.165) is 5.70 Å². The molecule has 5 heteroatoms. The summed E-state index contributed by atoms with van der Waals surface area (Å²) in [4.78, 5) is 15.4. The molecule has 1 heterocycles. The second kappa shape index (κ2) is 3.49. The maximum Gasteiger partial charge on any atom is 0.222 e. The molecule has 1 aliphatic carbocycles. The Bertz CT molecular complexity index is 392. The highest BCUT2D eigenvalue weighted by Gasteiger charge is 2.26. The van der Waals surface area contributed by atoms with Crippen LogP contribution in [0.1, 0.15) is 26.7 Å². The predicted octanol–water partition coefficient (Wildman–Crippen LogP) is 1.49. The van der Waals surface area contributed by atoms with Gasteiger partial charge in [0.25, 0.3) is 0 Å². The minimum Gasteiger partial charge on any atom is -0.328 e. The number of hydrogen-bond acceptors (Lipinski definition) is 4. The van der Waals surface area contributed by atoms with Crippen LogP contribution in [0, 0.1) is 5.41 Å². The van der Waals surface area contributed by atoms with Gasteiger partial charge in [-0.2, -0.15) is 10.1 Å². The summed E-state index contributed by atoms with van der Waals surface area (Å²) in [5, 5.41) is 9.49. The zero-order valence-electron chi connectivity index (χ0n) is 8.87. The second-order valence-electron chi connectivity index (χ2n) is 4.51. The molecule has 0 bridgehead atoms. The molecule has 0 aliphatic heterocycles. The van der Waals surface area contributed by atoms with Crippen molar-refractivity contribution in [1.29, 1.82) is 0 Å². The fourth-order valence-corrected chi connectivity index (χ4v) is 1.85. The lowest BCUT2D eigenvalue weighted by Gasteiger charge is -2.26. The third-order valence-corrected chi connectivity index (χ3v) is 2.30. The average molecular weight is 206 g/mol. The first-order valence-electron chi connectivity index (χ1n) is 4.91. The van der Waals surface area contributed by atoms with Gasteiger partial charge in [-0.05, 0) is 5.41 Å². The number of hydrogen-bond donors (Lipinski definition) is 2. The molecule has 0 unspecified atom stereocenters. The molecule has 0 radical (unpaired) electrons. The van der Waals surface area contributed by atoms with Gasteiger partial charge in [0.05, 0.1) is 0 Å². The first-order chi connectivity index (χ1) is 7.05. The Morgan fingerprint density at radius 3 is 2.93 bits per heavy atom. The normalized spacial score (nSPS) is 19.9. The number of aromatic amines is 1. The summed E-state index contributed by atoms with van der Waals surface area (Å²) in [6.45, 7) is 4.10. The van der Waals surface area contributed by atoms with Crippen molar-refractivity contribution in [3.05, 3.63) is 18.1 Å². The van der Waals surface area contributed by atoms with Crippen molar-refractivity contribution in [3.8, 4) is 0 Å². The van der Waals surface area contributed by atoms with E-state index in [1.165, 1.54) is 6.33 Å². The third kappa shape index (κ3) is 2.43. The van der Waals surface area contributed by atoms with Crippen molar-refractivity contribution < 1.29 is 4.79 Å². The standard InChI is InChI=1S/C10H14N4O/c1-10(2)4-7(3-8(15)5-10)13-9-11-6-12-14-9/h4,6H,3,5H2,1-2H3,(H2,11,12,13,14). The molecule has 2 rings (SSSR count). The Morgan fingerprint density at radius 1 is 1.53 bits per heavy atom. The Balaban J connectivity index is 2.15. The maximum atomic E-state index is 11.5. The predicted molar refractivity (Wildman–Crippen MR) is 56.1 cm³/mol. The number of ketones is 1. The smallest absolute Gasteiger partial charge is 0.222 e. The van der Waals surface area contributed by atoms with Crippen molar-refractivity contribution in [2.45, 2.75) is 26.7 Å². The van der Waals surface area contributed by atoms with Gasteiger partial charge >= 0.3 is 0 Å². The van der Waals surface area contributed by atoms with E-state index in [2.05, 4.69) is 26.6 Å². The zero-order valence-corrected chi connectivity index (χ0v) is 8.87. The van der Waals surface area contributed by atoms with E-state index >= 15 is 0 Å². The van der Waals surface area contributed by atoms with Gasteiger partial charge in [-0.1, -0.05) is 19.9 Å². The summed E-state index contributed by atoms with van der Waals surface area (Å²) >= 11 is 0. The number of nitrogens with zero attached hydrogens (tertiary/aromatic N) is 2. The number of H-pyrrole nitrogens is 1. The molecule has 0 atom stereocenters. The molecular formula is C10H14N4O. The zero-order chi connectivity index (χ0) is 10.9. The highest BCUT2D eigenvalue weighted by atomic mass is 16.1. The van der Waals surface area contributed by atoms with Crippen molar-refractivity contribution in [2.75, 3.05) is 5.32 Å². The van der Waals surface area contributed by atoms with Gasteiger partial charge in [-0.15, -0.1) is 0 Å². The van der Waals surface area contributed by atoms with Crippen LogP contribution in [0.15, 0.2) is 18.1 Å². The summed E-state index contributed by atoms with van der Waals surface area (Å²) in [6.07, 6.45) is 4.56. The second-order valence-corrected chi connectivity index (χ2v) is 4.51. The number of carbonyl (C=O) groups excluding carboxylic acids is 1. The first-order valence-corrected chi connectivity index (χ1v) is 4.91. The lowest BCUT2D eigenvalue weighted by atomic mass is 9.81. The molecule has 5 nitrogen and oxygen atoms in total. The van der Waals surface area contributed by atoms with E-state index in [1.54, 1.807) is 0 Å². The lowest BCUT2D eigenvalue weighted by Crippen LogP contribution is -2.23. The first kappa shape index (κ1) is 9.89. The number of allylic oxidation sites excluding steroid dienone is 2. The molecule has 15 heavy (non-hydrogen) atoms.